The third-order valence-corrected chi connectivity index (χ3v) is 5.24. The summed E-state index contributed by atoms with van der Waals surface area (Å²) in [5.41, 5.74) is 5.37. The highest BCUT2D eigenvalue weighted by Crippen LogP contribution is 2.44. The highest BCUT2D eigenvalue weighted by Gasteiger charge is 2.28. The van der Waals surface area contributed by atoms with Crippen molar-refractivity contribution < 1.29 is 24.2 Å². The van der Waals surface area contributed by atoms with Crippen LogP contribution in [-0.2, 0) is 16.0 Å². The lowest BCUT2D eigenvalue weighted by molar-refractivity contribution is -0.136. The van der Waals surface area contributed by atoms with Gasteiger partial charge in [0.25, 0.3) is 0 Å². The van der Waals surface area contributed by atoms with Crippen molar-refractivity contribution in [3.8, 4) is 16.9 Å². The highest BCUT2D eigenvalue weighted by molar-refractivity contribution is 5.79. The van der Waals surface area contributed by atoms with Crippen molar-refractivity contribution in [2.45, 2.75) is 12.3 Å². The molecule has 3 aromatic carbocycles. The van der Waals surface area contributed by atoms with Crippen LogP contribution in [0.4, 0.5) is 4.79 Å². The van der Waals surface area contributed by atoms with Gasteiger partial charge in [-0.1, -0.05) is 60.7 Å². The lowest BCUT2D eigenvalue weighted by Crippen LogP contribution is -2.29. The SMILES string of the molecule is O=C(O)Cc1cccc(OCCNC(=O)OCC2c3ccccc3-c3ccccc32)c1. The van der Waals surface area contributed by atoms with E-state index in [0.717, 1.165) is 0 Å². The molecule has 4 rings (SSSR count). The lowest BCUT2D eigenvalue weighted by Gasteiger charge is -2.14. The summed E-state index contributed by atoms with van der Waals surface area (Å²) < 4.78 is 11.1. The second-order valence-electron chi connectivity index (χ2n) is 7.32. The van der Waals surface area contributed by atoms with Crippen molar-refractivity contribution in [2.24, 2.45) is 0 Å². The van der Waals surface area contributed by atoms with Crippen LogP contribution in [0.5, 0.6) is 5.75 Å². The topological polar surface area (TPSA) is 84.9 Å². The third kappa shape index (κ3) is 4.86. The van der Waals surface area contributed by atoms with Gasteiger partial charge >= 0.3 is 12.1 Å². The third-order valence-electron chi connectivity index (χ3n) is 5.24. The molecule has 31 heavy (non-hydrogen) atoms. The molecule has 0 saturated heterocycles. The Labute approximate surface area is 180 Å². The van der Waals surface area contributed by atoms with Crippen molar-refractivity contribution in [1.29, 1.82) is 0 Å². The van der Waals surface area contributed by atoms with Gasteiger partial charge in [0, 0.05) is 5.92 Å². The Kier molecular flexibility index (Phi) is 6.17. The zero-order chi connectivity index (χ0) is 21.6. The van der Waals surface area contributed by atoms with E-state index in [1.54, 1.807) is 24.3 Å². The first-order valence-corrected chi connectivity index (χ1v) is 10.1. The summed E-state index contributed by atoms with van der Waals surface area (Å²) in [5, 5.41) is 11.6. The summed E-state index contributed by atoms with van der Waals surface area (Å²) in [6.07, 6.45) is -0.556. The molecule has 0 spiro atoms. The summed E-state index contributed by atoms with van der Waals surface area (Å²) >= 11 is 0. The van der Waals surface area contributed by atoms with Gasteiger partial charge in [-0.25, -0.2) is 4.79 Å². The van der Waals surface area contributed by atoms with Crippen molar-refractivity contribution in [2.75, 3.05) is 19.8 Å². The molecule has 0 radical (unpaired) electrons. The number of nitrogens with one attached hydrogen (secondary N) is 1. The molecular weight excluding hydrogens is 394 g/mol. The first kappa shape index (κ1) is 20.5. The molecule has 3 aromatic rings. The van der Waals surface area contributed by atoms with Crippen LogP contribution >= 0.6 is 0 Å². The number of ether oxygens (including phenoxy) is 2. The van der Waals surface area contributed by atoms with Crippen molar-refractivity contribution in [3.05, 3.63) is 89.5 Å². The molecule has 0 unspecified atom stereocenters. The largest absolute Gasteiger partial charge is 0.492 e. The van der Waals surface area contributed by atoms with Crippen LogP contribution in [0.25, 0.3) is 11.1 Å². The van der Waals surface area contributed by atoms with Crippen molar-refractivity contribution in [3.63, 3.8) is 0 Å². The van der Waals surface area contributed by atoms with Crippen LogP contribution in [0.1, 0.15) is 22.6 Å². The van der Waals surface area contributed by atoms with Crippen LogP contribution < -0.4 is 10.1 Å². The molecule has 0 saturated carbocycles. The van der Waals surface area contributed by atoms with Gasteiger partial charge in [-0.2, -0.15) is 0 Å². The van der Waals surface area contributed by atoms with Gasteiger partial charge < -0.3 is 19.9 Å². The summed E-state index contributed by atoms with van der Waals surface area (Å²) in [4.78, 5) is 23.0. The average Bonchev–Trinajstić information content (AvgIpc) is 3.09. The van der Waals surface area contributed by atoms with E-state index in [9.17, 15) is 9.59 Å². The maximum Gasteiger partial charge on any atom is 0.407 e. The number of carboxylic acids is 1. The maximum atomic E-state index is 12.2. The molecule has 0 aromatic heterocycles. The predicted molar refractivity (Wildman–Crippen MR) is 116 cm³/mol. The van der Waals surface area contributed by atoms with E-state index >= 15 is 0 Å². The number of carbonyl (C=O) groups excluding carboxylic acids is 1. The summed E-state index contributed by atoms with van der Waals surface area (Å²) in [6, 6.07) is 23.3. The van der Waals surface area contributed by atoms with Crippen molar-refractivity contribution >= 4 is 12.1 Å². The van der Waals surface area contributed by atoms with E-state index in [-0.39, 0.29) is 32.1 Å². The van der Waals surface area contributed by atoms with E-state index in [2.05, 4.69) is 29.6 Å². The molecule has 0 fully saturated rings. The molecular formula is C25H23NO5. The summed E-state index contributed by atoms with van der Waals surface area (Å²) in [6.45, 7) is 0.790. The Hall–Kier alpha value is -3.80. The molecule has 6 heteroatoms. The number of carboxylic acid groups (broad SMARTS) is 1. The molecule has 2 N–H and O–H groups in total. The van der Waals surface area contributed by atoms with E-state index in [1.165, 1.54) is 22.3 Å². The standard InChI is InChI=1S/C25H23NO5/c27-24(28)15-17-6-5-7-18(14-17)30-13-12-26-25(29)31-16-23-21-10-3-1-8-19(21)20-9-2-4-11-22(20)23/h1-11,14,23H,12-13,15-16H2,(H,26,29)(H,27,28). The monoisotopic (exact) mass is 417 g/mol. The first-order valence-electron chi connectivity index (χ1n) is 10.1. The van der Waals surface area contributed by atoms with Crippen LogP contribution in [-0.4, -0.2) is 36.9 Å². The predicted octanol–water partition coefficient (Wildman–Crippen LogP) is 4.23. The van der Waals surface area contributed by atoms with Crippen LogP contribution in [0, 0.1) is 0 Å². The molecule has 0 bridgehead atoms. The highest BCUT2D eigenvalue weighted by atomic mass is 16.5. The summed E-state index contributed by atoms with van der Waals surface area (Å²) in [5.74, 6) is -0.312. The first-order chi connectivity index (χ1) is 15.1. The Morgan fingerprint density at radius 2 is 1.58 bits per heavy atom. The fourth-order valence-electron chi connectivity index (χ4n) is 3.89. The molecule has 6 nitrogen and oxygen atoms in total. The van der Waals surface area contributed by atoms with Gasteiger partial charge in [0.15, 0.2) is 0 Å². The molecule has 158 valence electrons. The average molecular weight is 417 g/mol. The van der Waals surface area contributed by atoms with Gasteiger partial charge in [-0.3, -0.25) is 4.79 Å². The molecule has 0 aliphatic heterocycles. The van der Waals surface area contributed by atoms with Crippen LogP contribution in [0.2, 0.25) is 0 Å². The van der Waals surface area contributed by atoms with Crippen LogP contribution in [0.15, 0.2) is 72.8 Å². The van der Waals surface area contributed by atoms with E-state index in [0.29, 0.717) is 11.3 Å². The Balaban J connectivity index is 1.26. The Morgan fingerprint density at radius 3 is 2.26 bits per heavy atom. The van der Waals surface area contributed by atoms with Gasteiger partial charge in [0.2, 0.25) is 0 Å². The van der Waals surface area contributed by atoms with Gasteiger partial charge in [0.05, 0.1) is 13.0 Å². The van der Waals surface area contributed by atoms with E-state index < -0.39 is 12.1 Å². The van der Waals surface area contributed by atoms with Crippen LogP contribution in [0.3, 0.4) is 0 Å². The maximum absolute atomic E-state index is 12.2. The van der Waals surface area contributed by atoms with Gasteiger partial charge in [-0.05, 0) is 39.9 Å². The zero-order valence-electron chi connectivity index (χ0n) is 16.9. The smallest absolute Gasteiger partial charge is 0.407 e. The van der Waals surface area contributed by atoms with E-state index in [4.69, 9.17) is 14.6 Å². The normalized spacial score (nSPS) is 12.0. The number of hydrogen-bond donors (Lipinski definition) is 2. The molecule has 0 heterocycles. The molecule has 0 atom stereocenters. The fourth-order valence-corrected chi connectivity index (χ4v) is 3.89. The number of alkyl carbamates (subject to hydrolysis) is 1. The number of hydrogen-bond acceptors (Lipinski definition) is 4. The fraction of sp³-hybridized carbons (Fsp3) is 0.200. The number of rotatable bonds is 8. The second kappa shape index (κ2) is 9.34. The molecule has 1 aliphatic rings. The number of fused-ring (bicyclic) bond motifs is 3. The Bertz CT molecular complexity index is 1050. The minimum absolute atomic E-state index is 0.0198. The van der Waals surface area contributed by atoms with Gasteiger partial charge in [0.1, 0.15) is 19.0 Å². The number of benzene rings is 3. The minimum atomic E-state index is -0.894. The number of carbonyl (C=O) groups is 2. The van der Waals surface area contributed by atoms with Crippen molar-refractivity contribution in [1.82, 2.24) is 5.32 Å². The number of aliphatic carboxylic acids is 1. The quantitative estimate of drug-likeness (QED) is 0.536. The van der Waals surface area contributed by atoms with Gasteiger partial charge in [-0.15, -0.1) is 0 Å². The van der Waals surface area contributed by atoms with E-state index in [1.807, 2.05) is 24.3 Å². The molecule has 1 aliphatic carbocycles. The zero-order valence-corrected chi connectivity index (χ0v) is 16.9. The summed E-state index contributed by atoms with van der Waals surface area (Å²) in [7, 11) is 0. The lowest BCUT2D eigenvalue weighted by atomic mass is 9.98. The Morgan fingerprint density at radius 1 is 0.903 bits per heavy atom. The minimum Gasteiger partial charge on any atom is -0.492 e. The second-order valence-corrected chi connectivity index (χ2v) is 7.32. The molecule has 1 amide bonds. The number of amides is 1.